The predicted octanol–water partition coefficient (Wildman–Crippen LogP) is 4.94. The number of nitrogens with one attached hydrogen (secondary N) is 1. The monoisotopic (exact) mass is 503 g/mol. The Balaban J connectivity index is 1.16. The molecule has 4 heterocycles. The van der Waals surface area contributed by atoms with Crippen LogP contribution in [0.2, 0.25) is 0 Å². The van der Waals surface area contributed by atoms with E-state index in [4.69, 9.17) is 4.74 Å². The van der Waals surface area contributed by atoms with Gasteiger partial charge in [0, 0.05) is 50.7 Å². The smallest absolute Gasteiger partial charge is 0.410 e. The Kier molecular flexibility index (Phi) is 6.80. The molecule has 1 fully saturated rings. The van der Waals surface area contributed by atoms with E-state index >= 15 is 0 Å². The van der Waals surface area contributed by atoms with E-state index in [1.807, 2.05) is 56.7 Å². The SMILES string of the molecule is CC(C)(C)OC(=O)N1CCN(Cc2ccc(Nc3nccc(-c4ccc5scnc5c4)n3)nc2)CC1. The van der Waals surface area contributed by atoms with Gasteiger partial charge >= 0.3 is 6.09 Å². The number of ether oxygens (including phenoxy) is 1. The highest BCUT2D eigenvalue weighted by Gasteiger charge is 2.25. The number of fused-ring (bicyclic) bond motifs is 1. The number of aromatic nitrogens is 4. The van der Waals surface area contributed by atoms with Crippen LogP contribution < -0.4 is 5.32 Å². The van der Waals surface area contributed by atoms with E-state index in [1.54, 1.807) is 22.4 Å². The van der Waals surface area contributed by atoms with E-state index in [0.717, 1.165) is 46.7 Å². The van der Waals surface area contributed by atoms with E-state index in [2.05, 4.69) is 42.3 Å². The lowest BCUT2D eigenvalue weighted by atomic mass is 10.1. The molecule has 10 heteroatoms. The average Bonchev–Trinajstić information content (AvgIpc) is 3.33. The second-order valence-corrected chi connectivity index (χ2v) is 10.6. The van der Waals surface area contributed by atoms with Crippen LogP contribution in [-0.2, 0) is 11.3 Å². The molecule has 0 bridgehead atoms. The number of piperazine rings is 1. The van der Waals surface area contributed by atoms with Crippen LogP contribution in [0.4, 0.5) is 16.6 Å². The van der Waals surface area contributed by atoms with Crippen molar-refractivity contribution in [3.8, 4) is 11.3 Å². The molecule has 186 valence electrons. The molecule has 1 N–H and O–H groups in total. The molecule has 36 heavy (non-hydrogen) atoms. The van der Waals surface area contributed by atoms with Crippen molar-refractivity contribution < 1.29 is 9.53 Å². The molecular formula is C26H29N7O2S. The van der Waals surface area contributed by atoms with Crippen molar-refractivity contribution in [2.75, 3.05) is 31.5 Å². The highest BCUT2D eigenvalue weighted by molar-refractivity contribution is 7.16. The first-order chi connectivity index (χ1) is 17.3. The number of rotatable bonds is 5. The minimum absolute atomic E-state index is 0.241. The Bertz CT molecular complexity index is 1340. The van der Waals surface area contributed by atoms with Crippen LogP contribution in [0.25, 0.3) is 21.5 Å². The van der Waals surface area contributed by atoms with Crippen molar-refractivity contribution in [3.05, 3.63) is 59.9 Å². The summed E-state index contributed by atoms with van der Waals surface area (Å²) >= 11 is 1.62. The highest BCUT2D eigenvalue weighted by atomic mass is 32.1. The van der Waals surface area contributed by atoms with Crippen LogP contribution in [0.3, 0.4) is 0 Å². The lowest BCUT2D eigenvalue weighted by molar-refractivity contribution is 0.0139. The standard InChI is InChI=1S/C26H29N7O2S/c1-26(2,3)35-25(34)33-12-10-32(11-13-33)16-18-4-7-23(28-15-18)31-24-27-9-8-20(30-24)19-5-6-22-21(14-19)29-17-36-22/h4-9,14-15,17H,10-13,16H2,1-3H3,(H,27,28,30,31). The fourth-order valence-corrected chi connectivity index (χ4v) is 4.64. The van der Waals surface area contributed by atoms with E-state index in [0.29, 0.717) is 24.9 Å². The zero-order valence-corrected chi connectivity index (χ0v) is 21.5. The van der Waals surface area contributed by atoms with Crippen LogP contribution in [-0.4, -0.2) is 67.6 Å². The van der Waals surface area contributed by atoms with Crippen molar-refractivity contribution in [1.29, 1.82) is 0 Å². The Morgan fingerprint density at radius 2 is 1.89 bits per heavy atom. The molecule has 1 aliphatic rings. The van der Waals surface area contributed by atoms with Gasteiger partial charge in [0.25, 0.3) is 0 Å². The first-order valence-corrected chi connectivity index (χ1v) is 12.8. The largest absolute Gasteiger partial charge is 0.444 e. The number of pyridine rings is 1. The Hall–Kier alpha value is -3.63. The van der Waals surface area contributed by atoms with Gasteiger partial charge in [-0.25, -0.2) is 24.7 Å². The van der Waals surface area contributed by atoms with Gasteiger partial charge in [-0.2, -0.15) is 0 Å². The Labute approximate surface area is 214 Å². The molecule has 0 spiro atoms. The van der Waals surface area contributed by atoms with Gasteiger partial charge in [-0.15, -0.1) is 11.3 Å². The van der Waals surface area contributed by atoms with Crippen molar-refractivity contribution >= 4 is 39.4 Å². The number of carbonyl (C=O) groups excluding carboxylic acids is 1. The van der Waals surface area contributed by atoms with Gasteiger partial charge in [0.1, 0.15) is 11.4 Å². The summed E-state index contributed by atoms with van der Waals surface area (Å²) < 4.78 is 6.63. The first-order valence-electron chi connectivity index (χ1n) is 11.9. The quantitative estimate of drug-likeness (QED) is 0.409. The summed E-state index contributed by atoms with van der Waals surface area (Å²) in [5.74, 6) is 1.17. The molecule has 3 aromatic heterocycles. The summed E-state index contributed by atoms with van der Waals surface area (Å²) in [5.41, 5.74) is 5.27. The number of thiazole rings is 1. The van der Waals surface area contributed by atoms with E-state index in [1.165, 1.54) is 0 Å². The molecular weight excluding hydrogens is 474 g/mol. The van der Waals surface area contributed by atoms with Crippen molar-refractivity contribution in [2.45, 2.75) is 32.9 Å². The molecule has 0 aliphatic carbocycles. The lowest BCUT2D eigenvalue weighted by Crippen LogP contribution is -2.49. The van der Waals surface area contributed by atoms with Crippen LogP contribution >= 0.6 is 11.3 Å². The minimum atomic E-state index is -0.474. The molecule has 5 rings (SSSR count). The third-order valence-electron chi connectivity index (χ3n) is 5.78. The fraction of sp³-hybridized carbons (Fsp3) is 0.346. The van der Waals surface area contributed by atoms with Crippen LogP contribution in [0.15, 0.2) is 54.3 Å². The second-order valence-electron chi connectivity index (χ2n) is 9.72. The topological polar surface area (TPSA) is 96.4 Å². The van der Waals surface area contributed by atoms with Crippen molar-refractivity contribution in [3.63, 3.8) is 0 Å². The van der Waals surface area contributed by atoms with Crippen LogP contribution in [0, 0.1) is 0 Å². The molecule has 1 aliphatic heterocycles. The van der Waals surface area contributed by atoms with Gasteiger partial charge in [-0.1, -0.05) is 12.1 Å². The molecule has 0 unspecified atom stereocenters. The molecule has 1 amide bonds. The summed E-state index contributed by atoms with van der Waals surface area (Å²) in [6, 6.07) is 12.0. The van der Waals surface area contributed by atoms with Gasteiger partial charge in [-0.3, -0.25) is 4.90 Å². The summed E-state index contributed by atoms with van der Waals surface area (Å²) in [6.07, 6.45) is 3.36. The zero-order chi connectivity index (χ0) is 25.1. The number of hydrogen-bond acceptors (Lipinski definition) is 9. The maximum absolute atomic E-state index is 12.3. The van der Waals surface area contributed by atoms with Gasteiger partial charge in [0.15, 0.2) is 0 Å². The molecule has 9 nitrogen and oxygen atoms in total. The summed E-state index contributed by atoms with van der Waals surface area (Å²) in [4.78, 5) is 34.3. The highest BCUT2D eigenvalue weighted by Crippen LogP contribution is 2.25. The molecule has 4 aromatic rings. The van der Waals surface area contributed by atoms with E-state index in [9.17, 15) is 4.79 Å². The fourth-order valence-electron chi connectivity index (χ4n) is 3.98. The number of amides is 1. The third kappa shape index (κ3) is 5.95. The van der Waals surface area contributed by atoms with Crippen molar-refractivity contribution in [2.24, 2.45) is 0 Å². The Morgan fingerprint density at radius 3 is 2.64 bits per heavy atom. The molecule has 0 radical (unpaired) electrons. The maximum Gasteiger partial charge on any atom is 0.410 e. The normalized spacial score (nSPS) is 14.7. The molecule has 0 atom stereocenters. The number of benzene rings is 1. The second kappa shape index (κ2) is 10.2. The molecule has 1 saturated heterocycles. The number of anilines is 2. The summed E-state index contributed by atoms with van der Waals surface area (Å²) in [6.45, 7) is 9.35. The maximum atomic E-state index is 12.3. The van der Waals surface area contributed by atoms with Crippen LogP contribution in [0.1, 0.15) is 26.3 Å². The predicted molar refractivity (Wildman–Crippen MR) is 141 cm³/mol. The van der Waals surface area contributed by atoms with Crippen LogP contribution in [0.5, 0.6) is 0 Å². The zero-order valence-electron chi connectivity index (χ0n) is 20.6. The summed E-state index contributed by atoms with van der Waals surface area (Å²) in [5, 5.41) is 3.20. The third-order valence-corrected chi connectivity index (χ3v) is 6.59. The van der Waals surface area contributed by atoms with Gasteiger partial charge < -0.3 is 15.0 Å². The van der Waals surface area contributed by atoms with E-state index in [-0.39, 0.29) is 6.09 Å². The van der Waals surface area contributed by atoms with Gasteiger partial charge in [0.2, 0.25) is 5.95 Å². The minimum Gasteiger partial charge on any atom is -0.444 e. The van der Waals surface area contributed by atoms with Gasteiger partial charge in [0.05, 0.1) is 21.4 Å². The Morgan fingerprint density at radius 1 is 1.06 bits per heavy atom. The van der Waals surface area contributed by atoms with Gasteiger partial charge in [-0.05, 0) is 50.6 Å². The number of nitrogens with zero attached hydrogens (tertiary/aromatic N) is 6. The van der Waals surface area contributed by atoms with Crippen molar-refractivity contribution in [1.82, 2.24) is 29.7 Å². The number of carbonyl (C=O) groups is 1. The average molecular weight is 504 g/mol. The molecule has 0 saturated carbocycles. The summed E-state index contributed by atoms with van der Waals surface area (Å²) in [7, 11) is 0. The molecule has 1 aromatic carbocycles. The van der Waals surface area contributed by atoms with E-state index < -0.39 is 5.60 Å². The lowest BCUT2D eigenvalue weighted by Gasteiger charge is -2.35. The first kappa shape index (κ1) is 24.1. The number of hydrogen-bond donors (Lipinski definition) is 1.